The maximum Gasteiger partial charge on any atom is 0.274 e. The number of thiophene rings is 1. The molecule has 0 fully saturated rings. The molecule has 1 aliphatic rings. The molecule has 1 aliphatic carbocycles. The Bertz CT molecular complexity index is 1350. The van der Waals surface area contributed by atoms with E-state index >= 15 is 0 Å². The highest BCUT2D eigenvalue weighted by atomic mass is 32.1. The molecule has 0 aliphatic heterocycles. The minimum atomic E-state index is -0.399. The van der Waals surface area contributed by atoms with Gasteiger partial charge in [0.15, 0.2) is 0 Å². The average Bonchev–Trinajstić information content (AvgIpc) is 3.58. The zero-order valence-corrected chi connectivity index (χ0v) is 19.4. The molecule has 0 bridgehead atoms. The monoisotopic (exact) mass is 476 g/mol. The molecule has 2 amide bonds. The fourth-order valence-corrected chi connectivity index (χ4v) is 5.45. The Labute approximate surface area is 200 Å². The van der Waals surface area contributed by atoms with Crippen LogP contribution in [-0.4, -0.2) is 27.1 Å². The van der Waals surface area contributed by atoms with Gasteiger partial charge >= 0.3 is 0 Å². The van der Waals surface area contributed by atoms with E-state index in [4.69, 9.17) is 4.42 Å². The molecule has 0 spiro atoms. The third kappa shape index (κ3) is 4.34. The van der Waals surface area contributed by atoms with E-state index in [2.05, 4.69) is 20.8 Å². The van der Waals surface area contributed by atoms with Crippen molar-refractivity contribution in [3.8, 4) is 17.0 Å². The van der Waals surface area contributed by atoms with Crippen LogP contribution in [0.2, 0.25) is 0 Å². The molecule has 9 heteroatoms. The SMILES string of the molecule is Cc1ccc(O)c(-c2cc(C(=O)Nc3sc4c(c3C(=O)NCc3ccco3)CCCC4)[nH]n2)c1. The first-order valence-electron chi connectivity index (χ1n) is 11.1. The van der Waals surface area contributed by atoms with E-state index < -0.39 is 5.91 Å². The van der Waals surface area contributed by atoms with Gasteiger partial charge in [0.05, 0.1) is 24.1 Å². The number of furan rings is 1. The maximum absolute atomic E-state index is 13.1. The van der Waals surface area contributed by atoms with Gasteiger partial charge in [-0.05, 0) is 68.5 Å². The summed E-state index contributed by atoms with van der Waals surface area (Å²) in [5, 5.41) is 23.5. The van der Waals surface area contributed by atoms with Crippen LogP contribution in [0.1, 0.15) is 55.5 Å². The van der Waals surface area contributed by atoms with Gasteiger partial charge < -0.3 is 20.2 Å². The second kappa shape index (κ2) is 9.18. The van der Waals surface area contributed by atoms with Crippen molar-refractivity contribution in [2.75, 3.05) is 5.32 Å². The molecular formula is C25H24N4O4S. The lowest BCUT2D eigenvalue weighted by molar-refractivity contribution is 0.0948. The Morgan fingerprint density at radius 1 is 1.18 bits per heavy atom. The number of carbonyl (C=O) groups excluding carboxylic acids is 2. The van der Waals surface area contributed by atoms with Gasteiger partial charge in [0.2, 0.25) is 0 Å². The van der Waals surface area contributed by atoms with E-state index in [9.17, 15) is 14.7 Å². The number of phenolic OH excluding ortho intramolecular Hbond substituents is 1. The molecule has 3 aromatic heterocycles. The molecule has 34 heavy (non-hydrogen) atoms. The molecule has 5 rings (SSSR count). The summed E-state index contributed by atoms with van der Waals surface area (Å²) in [5.41, 5.74) is 3.75. The molecule has 0 saturated heterocycles. The van der Waals surface area contributed by atoms with Crippen molar-refractivity contribution in [3.05, 3.63) is 75.7 Å². The molecule has 4 aromatic rings. The number of aromatic amines is 1. The number of amides is 2. The Morgan fingerprint density at radius 3 is 2.85 bits per heavy atom. The smallest absolute Gasteiger partial charge is 0.274 e. The fourth-order valence-electron chi connectivity index (χ4n) is 4.16. The summed E-state index contributed by atoms with van der Waals surface area (Å²) in [7, 11) is 0. The van der Waals surface area contributed by atoms with Crippen LogP contribution in [0.4, 0.5) is 5.00 Å². The quantitative estimate of drug-likeness (QED) is 0.318. The number of fused-ring (bicyclic) bond motifs is 1. The Balaban J connectivity index is 1.39. The van der Waals surface area contributed by atoms with Crippen LogP contribution in [0.15, 0.2) is 47.1 Å². The van der Waals surface area contributed by atoms with E-state index in [1.165, 1.54) is 11.3 Å². The summed E-state index contributed by atoms with van der Waals surface area (Å²) < 4.78 is 5.31. The van der Waals surface area contributed by atoms with E-state index in [0.29, 0.717) is 27.6 Å². The molecule has 0 unspecified atom stereocenters. The first kappa shape index (κ1) is 22.0. The zero-order valence-electron chi connectivity index (χ0n) is 18.6. The van der Waals surface area contributed by atoms with Crippen LogP contribution in [0.3, 0.4) is 0 Å². The number of hydrogen-bond donors (Lipinski definition) is 4. The molecular weight excluding hydrogens is 452 g/mol. The van der Waals surface area contributed by atoms with E-state index in [-0.39, 0.29) is 23.9 Å². The largest absolute Gasteiger partial charge is 0.507 e. The number of rotatable bonds is 6. The highest BCUT2D eigenvalue weighted by Crippen LogP contribution is 2.38. The second-order valence-corrected chi connectivity index (χ2v) is 9.42. The van der Waals surface area contributed by atoms with Gasteiger partial charge in [-0.25, -0.2) is 0 Å². The summed E-state index contributed by atoms with van der Waals surface area (Å²) in [4.78, 5) is 27.3. The van der Waals surface area contributed by atoms with E-state index in [1.54, 1.807) is 36.6 Å². The second-order valence-electron chi connectivity index (χ2n) is 8.32. The number of nitrogens with one attached hydrogen (secondary N) is 3. The van der Waals surface area contributed by atoms with Gasteiger partial charge in [-0.15, -0.1) is 11.3 Å². The minimum Gasteiger partial charge on any atom is -0.507 e. The fraction of sp³-hybridized carbons (Fsp3) is 0.240. The highest BCUT2D eigenvalue weighted by molar-refractivity contribution is 7.17. The zero-order chi connectivity index (χ0) is 23.7. The number of carbonyl (C=O) groups is 2. The number of phenols is 1. The Morgan fingerprint density at radius 2 is 2.03 bits per heavy atom. The molecule has 0 saturated carbocycles. The Kier molecular flexibility index (Phi) is 5.93. The first-order chi connectivity index (χ1) is 16.5. The first-order valence-corrected chi connectivity index (χ1v) is 11.9. The average molecular weight is 477 g/mol. The molecule has 0 radical (unpaired) electrons. The normalized spacial score (nSPS) is 12.9. The molecule has 3 heterocycles. The number of anilines is 1. The molecule has 8 nitrogen and oxygen atoms in total. The Hall–Kier alpha value is -3.85. The van der Waals surface area contributed by atoms with Crippen LogP contribution >= 0.6 is 11.3 Å². The molecule has 0 atom stereocenters. The number of H-pyrrole nitrogens is 1. The number of benzene rings is 1. The summed E-state index contributed by atoms with van der Waals surface area (Å²) in [6, 6.07) is 10.4. The summed E-state index contributed by atoms with van der Waals surface area (Å²) in [6.07, 6.45) is 5.35. The minimum absolute atomic E-state index is 0.0884. The highest BCUT2D eigenvalue weighted by Gasteiger charge is 2.27. The van der Waals surface area contributed by atoms with Crippen molar-refractivity contribution in [2.24, 2.45) is 0 Å². The number of hydrogen-bond acceptors (Lipinski definition) is 6. The van der Waals surface area contributed by atoms with Crippen molar-refractivity contribution < 1.29 is 19.1 Å². The number of aromatic nitrogens is 2. The number of nitrogens with zero attached hydrogens (tertiary/aromatic N) is 1. The van der Waals surface area contributed by atoms with Crippen molar-refractivity contribution in [3.63, 3.8) is 0 Å². The van der Waals surface area contributed by atoms with Crippen LogP contribution in [0, 0.1) is 6.92 Å². The number of aryl methyl sites for hydroxylation is 2. The third-order valence-electron chi connectivity index (χ3n) is 5.88. The van der Waals surface area contributed by atoms with Gasteiger partial charge in [-0.2, -0.15) is 5.10 Å². The van der Waals surface area contributed by atoms with E-state index in [0.717, 1.165) is 41.7 Å². The lowest BCUT2D eigenvalue weighted by atomic mass is 9.95. The van der Waals surface area contributed by atoms with Crippen LogP contribution < -0.4 is 10.6 Å². The van der Waals surface area contributed by atoms with Crippen molar-refractivity contribution in [1.29, 1.82) is 0 Å². The summed E-state index contributed by atoms with van der Waals surface area (Å²) in [5.74, 6) is 0.114. The predicted octanol–water partition coefficient (Wildman–Crippen LogP) is 4.81. The van der Waals surface area contributed by atoms with Crippen LogP contribution in [0.25, 0.3) is 11.3 Å². The van der Waals surface area contributed by atoms with Crippen molar-refractivity contribution in [1.82, 2.24) is 15.5 Å². The van der Waals surface area contributed by atoms with E-state index in [1.807, 2.05) is 13.0 Å². The van der Waals surface area contributed by atoms with Crippen molar-refractivity contribution >= 4 is 28.2 Å². The maximum atomic E-state index is 13.1. The van der Waals surface area contributed by atoms with Crippen molar-refractivity contribution in [2.45, 2.75) is 39.2 Å². The third-order valence-corrected chi connectivity index (χ3v) is 7.09. The molecule has 174 valence electrons. The summed E-state index contributed by atoms with van der Waals surface area (Å²) >= 11 is 1.45. The van der Waals surface area contributed by atoms with Crippen LogP contribution in [0.5, 0.6) is 5.75 Å². The topological polar surface area (TPSA) is 120 Å². The van der Waals surface area contributed by atoms with Crippen LogP contribution in [-0.2, 0) is 19.4 Å². The van der Waals surface area contributed by atoms with Gasteiger partial charge in [0.1, 0.15) is 22.2 Å². The number of aromatic hydroxyl groups is 1. The van der Waals surface area contributed by atoms with Gasteiger partial charge in [-0.1, -0.05) is 11.6 Å². The molecule has 1 aromatic carbocycles. The lowest BCUT2D eigenvalue weighted by Crippen LogP contribution is -2.25. The van der Waals surface area contributed by atoms with Gasteiger partial charge in [0, 0.05) is 10.4 Å². The predicted molar refractivity (Wildman–Crippen MR) is 129 cm³/mol. The van der Waals surface area contributed by atoms with Gasteiger partial charge in [0.25, 0.3) is 11.8 Å². The molecule has 4 N–H and O–H groups in total. The summed E-state index contributed by atoms with van der Waals surface area (Å²) in [6.45, 7) is 2.19. The van der Waals surface area contributed by atoms with Gasteiger partial charge in [-0.3, -0.25) is 14.7 Å². The standard InChI is InChI=1S/C25H24N4O4S/c1-14-8-9-20(30)17(11-14)18-12-19(29-28-18)23(31)27-25-22(16-6-2-3-7-21(16)34-25)24(32)26-13-15-5-4-10-33-15/h4-5,8-12,30H,2-3,6-7,13H2,1H3,(H,26,32)(H,27,31)(H,28,29). The lowest BCUT2D eigenvalue weighted by Gasteiger charge is -2.13.